The third-order valence-corrected chi connectivity index (χ3v) is 7.79. The van der Waals surface area contributed by atoms with Crippen molar-refractivity contribution in [3.05, 3.63) is 23.4 Å². The standard InChI is InChI=1S/C20H29NO2/c1-19-8-6-13(21)10-12(19)4-5-14-15(19)7-9-20(2)16(14)11-17(22)18(20)23-3/h4,6,14-16,18H,5,7-11,21H2,1-3H3/t14-,15-,16+,18?,19+,20+/m1/s1. The second-order valence-corrected chi connectivity index (χ2v) is 8.75. The lowest BCUT2D eigenvalue weighted by molar-refractivity contribution is -0.131. The number of hydrogen-bond donors (Lipinski definition) is 1. The summed E-state index contributed by atoms with van der Waals surface area (Å²) in [6.45, 7) is 4.74. The third kappa shape index (κ3) is 1.95. The summed E-state index contributed by atoms with van der Waals surface area (Å²) < 4.78 is 5.63. The Bertz CT molecular complexity index is 607. The quantitative estimate of drug-likeness (QED) is 0.752. The molecule has 2 saturated carbocycles. The molecule has 6 atom stereocenters. The number of allylic oxidation sites excluding steroid dienone is 3. The van der Waals surface area contributed by atoms with Crippen LogP contribution >= 0.6 is 0 Å². The number of hydrogen-bond acceptors (Lipinski definition) is 3. The molecule has 4 rings (SSSR count). The molecule has 0 saturated heterocycles. The van der Waals surface area contributed by atoms with Gasteiger partial charge in [-0.1, -0.05) is 31.6 Å². The predicted molar refractivity (Wildman–Crippen MR) is 90.5 cm³/mol. The van der Waals surface area contributed by atoms with Crippen molar-refractivity contribution in [3.63, 3.8) is 0 Å². The van der Waals surface area contributed by atoms with Gasteiger partial charge >= 0.3 is 0 Å². The van der Waals surface area contributed by atoms with Crippen LogP contribution in [0.25, 0.3) is 0 Å². The van der Waals surface area contributed by atoms with Gasteiger partial charge in [-0.25, -0.2) is 0 Å². The molecular weight excluding hydrogens is 286 g/mol. The van der Waals surface area contributed by atoms with Crippen LogP contribution in [0.15, 0.2) is 23.4 Å². The Balaban J connectivity index is 1.70. The van der Waals surface area contributed by atoms with Crippen molar-refractivity contribution in [2.45, 2.75) is 58.5 Å². The monoisotopic (exact) mass is 315 g/mol. The molecule has 2 N–H and O–H groups in total. The lowest BCUT2D eigenvalue weighted by atomic mass is 9.48. The van der Waals surface area contributed by atoms with Crippen molar-refractivity contribution in [2.24, 2.45) is 34.3 Å². The summed E-state index contributed by atoms with van der Waals surface area (Å²) in [5, 5.41) is 0. The van der Waals surface area contributed by atoms with Crippen LogP contribution in [0.2, 0.25) is 0 Å². The molecule has 0 spiro atoms. The fraction of sp³-hybridized carbons (Fsp3) is 0.750. The Morgan fingerprint density at radius 2 is 2.04 bits per heavy atom. The minimum atomic E-state index is -0.187. The van der Waals surface area contributed by atoms with Gasteiger partial charge in [-0.2, -0.15) is 0 Å². The summed E-state index contributed by atoms with van der Waals surface area (Å²) in [5.74, 6) is 2.12. The highest BCUT2D eigenvalue weighted by atomic mass is 16.5. The van der Waals surface area contributed by atoms with Crippen LogP contribution in [0.1, 0.15) is 52.4 Å². The zero-order chi connectivity index (χ0) is 16.4. The molecule has 0 bridgehead atoms. The van der Waals surface area contributed by atoms with Crippen LogP contribution in [0, 0.1) is 28.6 Å². The Labute approximate surface area is 139 Å². The molecule has 0 aromatic carbocycles. The highest BCUT2D eigenvalue weighted by Crippen LogP contribution is 2.64. The number of carbonyl (C=O) groups is 1. The molecular formula is C20H29NO2. The van der Waals surface area contributed by atoms with E-state index in [4.69, 9.17) is 10.5 Å². The minimum Gasteiger partial charge on any atom is -0.402 e. The van der Waals surface area contributed by atoms with Gasteiger partial charge < -0.3 is 10.5 Å². The van der Waals surface area contributed by atoms with Gasteiger partial charge in [0.15, 0.2) is 5.78 Å². The summed E-state index contributed by atoms with van der Waals surface area (Å²) in [6.07, 6.45) is 10.7. The summed E-state index contributed by atoms with van der Waals surface area (Å²) in [7, 11) is 1.71. The van der Waals surface area contributed by atoms with Crippen molar-refractivity contribution in [1.29, 1.82) is 0 Å². The molecule has 1 unspecified atom stereocenters. The van der Waals surface area contributed by atoms with E-state index in [1.807, 2.05) is 0 Å². The maximum Gasteiger partial charge on any atom is 0.162 e. The molecule has 0 aromatic rings. The van der Waals surface area contributed by atoms with E-state index >= 15 is 0 Å². The van der Waals surface area contributed by atoms with E-state index < -0.39 is 0 Å². The van der Waals surface area contributed by atoms with E-state index in [1.54, 1.807) is 12.7 Å². The number of rotatable bonds is 1. The van der Waals surface area contributed by atoms with Crippen LogP contribution in [0.5, 0.6) is 0 Å². The van der Waals surface area contributed by atoms with Crippen LogP contribution < -0.4 is 5.73 Å². The average molecular weight is 315 g/mol. The minimum absolute atomic E-state index is 0.0399. The van der Waals surface area contributed by atoms with E-state index in [0.717, 1.165) is 31.4 Å². The molecule has 4 aliphatic rings. The maximum absolute atomic E-state index is 12.5. The van der Waals surface area contributed by atoms with Crippen LogP contribution in [0.3, 0.4) is 0 Å². The topological polar surface area (TPSA) is 52.3 Å². The number of Topliss-reactive ketones (excluding diaryl/α,β-unsaturated/α-hetero) is 1. The fourth-order valence-corrected chi connectivity index (χ4v) is 6.50. The first-order valence-corrected chi connectivity index (χ1v) is 9.09. The van der Waals surface area contributed by atoms with E-state index in [9.17, 15) is 4.79 Å². The molecule has 2 fully saturated rings. The van der Waals surface area contributed by atoms with Gasteiger partial charge in [0.05, 0.1) is 0 Å². The zero-order valence-corrected chi connectivity index (χ0v) is 14.6. The summed E-state index contributed by atoms with van der Waals surface area (Å²) >= 11 is 0. The molecule has 126 valence electrons. The number of methoxy groups -OCH3 is 1. The molecule has 3 nitrogen and oxygen atoms in total. The summed E-state index contributed by atoms with van der Waals surface area (Å²) in [5.41, 5.74) is 8.96. The van der Waals surface area contributed by atoms with Crippen molar-refractivity contribution in [1.82, 2.24) is 0 Å². The molecule has 23 heavy (non-hydrogen) atoms. The number of fused-ring (bicyclic) bond motifs is 5. The van der Waals surface area contributed by atoms with Gasteiger partial charge in [0.2, 0.25) is 0 Å². The molecule has 0 aromatic heterocycles. The average Bonchev–Trinajstić information content (AvgIpc) is 2.77. The number of ketones is 1. The van der Waals surface area contributed by atoms with Crippen molar-refractivity contribution in [2.75, 3.05) is 7.11 Å². The fourth-order valence-electron chi connectivity index (χ4n) is 6.50. The first kappa shape index (κ1) is 15.4. The normalized spacial score (nSPS) is 48.9. The van der Waals surface area contributed by atoms with E-state index in [-0.39, 0.29) is 16.9 Å². The van der Waals surface area contributed by atoms with Crippen LogP contribution in [-0.2, 0) is 9.53 Å². The summed E-state index contributed by atoms with van der Waals surface area (Å²) in [4.78, 5) is 12.5. The molecule has 0 aliphatic heterocycles. The molecule has 3 heteroatoms. The molecule has 0 radical (unpaired) electrons. The number of ether oxygens (including phenoxy) is 1. The van der Waals surface area contributed by atoms with Gasteiger partial charge in [-0.3, -0.25) is 4.79 Å². The third-order valence-electron chi connectivity index (χ3n) is 7.79. The summed E-state index contributed by atoms with van der Waals surface area (Å²) in [6, 6.07) is 0. The molecule has 0 heterocycles. The highest BCUT2D eigenvalue weighted by Gasteiger charge is 2.61. The van der Waals surface area contributed by atoms with Gasteiger partial charge in [0.25, 0.3) is 0 Å². The largest absolute Gasteiger partial charge is 0.402 e. The molecule has 0 amide bonds. The van der Waals surface area contributed by atoms with Crippen molar-refractivity contribution < 1.29 is 9.53 Å². The maximum atomic E-state index is 12.5. The smallest absolute Gasteiger partial charge is 0.162 e. The Morgan fingerprint density at radius 1 is 1.26 bits per heavy atom. The Morgan fingerprint density at radius 3 is 2.78 bits per heavy atom. The lowest BCUT2D eigenvalue weighted by Crippen LogP contribution is -2.50. The molecule has 4 aliphatic carbocycles. The van der Waals surface area contributed by atoms with Crippen LogP contribution in [0.4, 0.5) is 0 Å². The van der Waals surface area contributed by atoms with Crippen molar-refractivity contribution in [3.8, 4) is 0 Å². The highest BCUT2D eigenvalue weighted by molar-refractivity contribution is 5.87. The van der Waals surface area contributed by atoms with Gasteiger partial charge in [0, 0.05) is 31.1 Å². The first-order chi connectivity index (χ1) is 10.9. The Kier molecular flexibility index (Phi) is 3.32. The van der Waals surface area contributed by atoms with Gasteiger partial charge in [0.1, 0.15) is 6.10 Å². The second-order valence-electron chi connectivity index (χ2n) is 8.75. The predicted octanol–water partition coefficient (Wildman–Crippen LogP) is 3.60. The number of nitrogens with two attached hydrogens (primary N) is 1. The van der Waals surface area contributed by atoms with Gasteiger partial charge in [-0.05, 0) is 48.9 Å². The van der Waals surface area contributed by atoms with E-state index in [2.05, 4.69) is 26.0 Å². The van der Waals surface area contributed by atoms with Gasteiger partial charge in [-0.15, -0.1) is 0 Å². The van der Waals surface area contributed by atoms with Crippen LogP contribution in [-0.4, -0.2) is 19.0 Å². The first-order valence-electron chi connectivity index (χ1n) is 9.09. The van der Waals surface area contributed by atoms with Crippen molar-refractivity contribution >= 4 is 5.78 Å². The van der Waals surface area contributed by atoms with E-state index in [0.29, 0.717) is 30.0 Å². The number of carbonyl (C=O) groups excluding carboxylic acids is 1. The zero-order valence-electron chi connectivity index (χ0n) is 14.6. The van der Waals surface area contributed by atoms with E-state index in [1.165, 1.54) is 6.42 Å². The Hall–Kier alpha value is -1.09. The lowest BCUT2D eigenvalue weighted by Gasteiger charge is -2.56. The second kappa shape index (κ2) is 4.95. The SMILES string of the molecule is COC1C(=O)C[C@H]2[C@@H]3CC=C4CC(N)=CC[C@]4(C)[C@@H]3CC[C@]12C.